The number of ketones is 1. The molecule has 0 aliphatic heterocycles. The van der Waals surface area contributed by atoms with Crippen LogP contribution in [-0.2, 0) is 4.79 Å². The van der Waals surface area contributed by atoms with Gasteiger partial charge < -0.3 is 0 Å². The van der Waals surface area contributed by atoms with E-state index in [2.05, 4.69) is 0 Å². The summed E-state index contributed by atoms with van der Waals surface area (Å²) in [6.45, 7) is 1.94. The number of rotatable bonds is 3. The molecule has 0 aliphatic rings. The summed E-state index contributed by atoms with van der Waals surface area (Å²) in [5.74, 6) is -0.223. The second kappa shape index (κ2) is 4.72. The summed E-state index contributed by atoms with van der Waals surface area (Å²) in [5, 5.41) is -0.648. The van der Waals surface area contributed by atoms with Crippen molar-refractivity contribution in [3.8, 4) is 0 Å². The highest BCUT2D eigenvalue weighted by Crippen LogP contribution is 2.04. The molecule has 0 saturated carbocycles. The monoisotopic (exact) mass is 208 g/mol. The second-order valence-electron chi connectivity index (χ2n) is 2.87. The Labute approximate surface area is 87.2 Å². The fourth-order valence-corrected chi connectivity index (χ4v) is 1.02. The van der Waals surface area contributed by atoms with Crippen molar-refractivity contribution in [2.45, 2.75) is 6.92 Å². The van der Waals surface area contributed by atoms with Gasteiger partial charge in [-0.15, -0.1) is 0 Å². The molecule has 0 aliphatic carbocycles. The van der Waals surface area contributed by atoms with Crippen molar-refractivity contribution in [2.75, 3.05) is 0 Å². The van der Waals surface area contributed by atoms with Crippen LogP contribution in [0.5, 0.6) is 0 Å². The molecule has 0 bridgehead atoms. The molecule has 72 valence electrons. The number of hydrogen-bond donors (Lipinski definition) is 0. The lowest BCUT2D eigenvalue weighted by Crippen LogP contribution is -1.94. The number of halogens is 1. The molecule has 14 heavy (non-hydrogen) atoms. The molecule has 1 aromatic carbocycles. The highest BCUT2D eigenvalue weighted by atomic mass is 35.5. The van der Waals surface area contributed by atoms with Crippen LogP contribution in [0.1, 0.15) is 15.9 Å². The molecule has 0 atom stereocenters. The van der Waals surface area contributed by atoms with Crippen molar-refractivity contribution in [1.82, 2.24) is 0 Å². The van der Waals surface area contributed by atoms with Crippen LogP contribution in [0.3, 0.4) is 0 Å². The van der Waals surface area contributed by atoms with E-state index in [1.165, 1.54) is 6.08 Å². The fraction of sp³-hybridized carbons (Fsp3) is 0.0909. The van der Waals surface area contributed by atoms with Gasteiger partial charge in [-0.1, -0.05) is 29.8 Å². The van der Waals surface area contributed by atoms with Crippen LogP contribution in [0.15, 0.2) is 36.4 Å². The average Bonchev–Trinajstić information content (AvgIpc) is 2.15. The van der Waals surface area contributed by atoms with Crippen molar-refractivity contribution < 1.29 is 9.59 Å². The smallest absolute Gasteiger partial charge is 0.245 e. The topological polar surface area (TPSA) is 34.1 Å². The lowest BCUT2D eigenvalue weighted by molar-refractivity contribution is -0.107. The van der Waals surface area contributed by atoms with E-state index in [0.717, 1.165) is 11.6 Å². The zero-order valence-electron chi connectivity index (χ0n) is 7.66. The minimum Gasteiger partial charge on any atom is -0.289 e. The van der Waals surface area contributed by atoms with E-state index >= 15 is 0 Å². The van der Waals surface area contributed by atoms with Crippen molar-refractivity contribution in [1.29, 1.82) is 0 Å². The third kappa shape index (κ3) is 3.15. The molecule has 3 heteroatoms. The summed E-state index contributed by atoms with van der Waals surface area (Å²) in [5.41, 5.74) is 1.63. The first-order valence-corrected chi connectivity index (χ1v) is 4.46. The minimum atomic E-state index is -0.648. The predicted molar refractivity (Wildman–Crippen MR) is 55.5 cm³/mol. The van der Waals surface area contributed by atoms with Gasteiger partial charge in [-0.3, -0.25) is 9.59 Å². The molecule has 0 aromatic heterocycles. The quantitative estimate of drug-likeness (QED) is 0.435. The van der Waals surface area contributed by atoms with Crippen LogP contribution in [-0.4, -0.2) is 11.0 Å². The maximum atomic E-state index is 11.4. The molecule has 0 unspecified atom stereocenters. The van der Waals surface area contributed by atoms with Gasteiger partial charge in [0.2, 0.25) is 5.24 Å². The van der Waals surface area contributed by atoms with Gasteiger partial charge in [-0.2, -0.15) is 0 Å². The van der Waals surface area contributed by atoms with E-state index in [0.29, 0.717) is 5.56 Å². The molecule has 2 nitrogen and oxygen atoms in total. The average molecular weight is 209 g/mol. The van der Waals surface area contributed by atoms with E-state index in [1.807, 2.05) is 19.1 Å². The van der Waals surface area contributed by atoms with Gasteiger partial charge in [0.15, 0.2) is 5.78 Å². The Morgan fingerprint density at radius 3 is 2.21 bits per heavy atom. The van der Waals surface area contributed by atoms with Crippen molar-refractivity contribution >= 4 is 22.6 Å². The van der Waals surface area contributed by atoms with Gasteiger partial charge in [-0.25, -0.2) is 0 Å². The summed E-state index contributed by atoms with van der Waals surface area (Å²) >= 11 is 5.06. The zero-order valence-corrected chi connectivity index (χ0v) is 8.41. The number of carbonyl (C=O) groups is 2. The van der Waals surface area contributed by atoms with Gasteiger partial charge >= 0.3 is 0 Å². The van der Waals surface area contributed by atoms with Crippen molar-refractivity contribution in [3.05, 3.63) is 47.5 Å². The van der Waals surface area contributed by atoms with Gasteiger partial charge in [0.1, 0.15) is 0 Å². The van der Waals surface area contributed by atoms with Crippen LogP contribution in [0.2, 0.25) is 0 Å². The highest BCUT2D eigenvalue weighted by molar-refractivity contribution is 6.66. The molecular formula is C11H9ClO2. The number of hydrogen-bond acceptors (Lipinski definition) is 2. The van der Waals surface area contributed by atoms with Gasteiger partial charge in [0, 0.05) is 11.6 Å². The SMILES string of the molecule is Cc1ccc(C(=O)/C=C/C(=O)Cl)cc1. The number of carbonyl (C=O) groups excluding carboxylic acids is 2. The summed E-state index contributed by atoms with van der Waals surface area (Å²) < 4.78 is 0. The third-order valence-electron chi connectivity index (χ3n) is 1.70. The van der Waals surface area contributed by atoms with Crippen molar-refractivity contribution in [2.24, 2.45) is 0 Å². The first-order valence-electron chi connectivity index (χ1n) is 4.08. The summed E-state index contributed by atoms with van der Waals surface area (Å²) in [6, 6.07) is 7.09. The third-order valence-corrected chi connectivity index (χ3v) is 1.83. The Hall–Kier alpha value is -1.41. The van der Waals surface area contributed by atoms with Gasteiger partial charge in [0.25, 0.3) is 0 Å². The van der Waals surface area contributed by atoms with Crippen LogP contribution in [0.4, 0.5) is 0 Å². The first-order chi connectivity index (χ1) is 6.59. The Balaban J connectivity index is 2.80. The van der Waals surface area contributed by atoms with E-state index in [-0.39, 0.29) is 5.78 Å². The Bertz CT molecular complexity index is 377. The molecule has 1 aromatic rings. The molecule has 0 radical (unpaired) electrons. The number of allylic oxidation sites excluding steroid dienone is 2. The highest BCUT2D eigenvalue weighted by Gasteiger charge is 2.00. The van der Waals surface area contributed by atoms with E-state index < -0.39 is 5.24 Å². The second-order valence-corrected chi connectivity index (χ2v) is 3.24. The summed E-state index contributed by atoms with van der Waals surface area (Å²) in [6.07, 6.45) is 2.21. The molecule has 1 rings (SSSR count). The summed E-state index contributed by atoms with van der Waals surface area (Å²) in [4.78, 5) is 21.7. The Kier molecular flexibility index (Phi) is 3.60. The molecule has 0 N–H and O–H groups in total. The van der Waals surface area contributed by atoms with E-state index in [4.69, 9.17) is 11.6 Å². The maximum absolute atomic E-state index is 11.4. The Morgan fingerprint density at radius 1 is 1.14 bits per heavy atom. The minimum absolute atomic E-state index is 0.223. The molecular weight excluding hydrogens is 200 g/mol. The van der Waals surface area contributed by atoms with Crippen LogP contribution in [0.25, 0.3) is 0 Å². The largest absolute Gasteiger partial charge is 0.289 e. The molecule has 0 saturated heterocycles. The van der Waals surface area contributed by atoms with Gasteiger partial charge in [0.05, 0.1) is 0 Å². The van der Waals surface area contributed by atoms with E-state index in [9.17, 15) is 9.59 Å². The van der Waals surface area contributed by atoms with Crippen LogP contribution in [0, 0.1) is 6.92 Å². The molecule has 0 spiro atoms. The fourth-order valence-electron chi connectivity index (χ4n) is 0.955. The van der Waals surface area contributed by atoms with E-state index in [1.54, 1.807) is 12.1 Å². The predicted octanol–water partition coefficient (Wildman–Crippen LogP) is 2.50. The number of aryl methyl sites for hydroxylation is 1. The molecule has 0 fully saturated rings. The van der Waals surface area contributed by atoms with Crippen LogP contribution < -0.4 is 0 Å². The molecule has 0 amide bonds. The van der Waals surface area contributed by atoms with Crippen LogP contribution >= 0.6 is 11.6 Å². The lowest BCUT2D eigenvalue weighted by Gasteiger charge is -1.95. The standard InChI is InChI=1S/C11H9ClO2/c1-8-2-4-9(5-3-8)10(13)6-7-11(12)14/h2-7H,1H3/b7-6+. The lowest BCUT2D eigenvalue weighted by atomic mass is 10.1. The summed E-state index contributed by atoms with van der Waals surface area (Å²) in [7, 11) is 0. The first kappa shape index (κ1) is 10.7. The van der Waals surface area contributed by atoms with Crippen molar-refractivity contribution in [3.63, 3.8) is 0 Å². The number of benzene rings is 1. The Morgan fingerprint density at radius 2 is 1.71 bits per heavy atom. The zero-order chi connectivity index (χ0) is 10.6. The van der Waals surface area contributed by atoms with Gasteiger partial charge in [-0.05, 0) is 24.6 Å². The molecule has 0 heterocycles. The maximum Gasteiger partial charge on any atom is 0.245 e. The normalized spacial score (nSPS) is 10.4.